The summed E-state index contributed by atoms with van der Waals surface area (Å²) in [4.78, 5) is 29.6. The normalized spacial score (nSPS) is 10.7. The molecule has 0 aliphatic heterocycles. The van der Waals surface area contributed by atoms with Gasteiger partial charge in [0.25, 0.3) is 5.91 Å². The highest BCUT2D eigenvalue weighted by molar-refractivity contribution is 7.80. The number of amides is 1. The van der Waals surface area contributed by atoms with Crippen LogP contribution >= 0.6 is 23.6 Å². The fourth-order valence-corrected chi connectivity index (χ4v) is 4.75. The maximum absolute atomic E-state index is 12.9. The van der Waals surface area contributed by atoms with Crippen molar-refractivity contribution in [3.63, 3.8) is 0 Å². The van der Waals surface area contributed by atoms with Crippen LogP contribution in [0.3, 0.4) is 0 Å². The van der Waals surface area contributed by atoms with Gasteiger partial charge in [-0.15, -0.1) is 11.3 Å². The molecule has 0 radical (unpaired) electrons. The number of ether oxygens (including phenoxy) is 1. The van der Waals surface area contributed by atoms with Crippen LogP contribution in [-0.4, -0.2) is 63.8 Å². The van der Waals surface area contributed by atoms with Crippen LogP contribution in [0.25, 0.3) is 0 Å². The van der Waals surface area contributed by atoms with Gasteiger partial charge in [0.15, 0.2) is 5.11 Å². The fourth-order valence-electron chi connectivity index (χ4n) is 3.36. The molecular formula is C21H31N5O3S2. The second kappa shape index (κ2) is 10.2. The Hall–Kier alpha value is -2.46. The molecule has 10 heteroatoms. The lowest BCUT2D eigenvalue weighted by molar-refractivity contribution is 0.0601. The smallest absolute Gasteiger partial charge is 0.341 e. The van der Waals surface area contributed by atoms with Gasteiger partial charge in [-0.2, -0.15) is 5.10 Å². The van der Waals surface area contributed by atoms with E-state index in [-0.39, 0.29) is 5.91 Å². The SMILES string of the molecule is CCN(CC)C(=O)c1sc(NC(=S)N(C)Cc2c(C)nn(C)c2C)c(C(=O)OC)c1C. The van der Waals surface area contributed by atoms with Crippen molar-refractivity contribution >= 4 is 45.5 Å². The highest BCUT2D eigenvalue weighted by Crippen LogP contribution is 2.35. The number of nitrogens with zero attached hydrogens (tertiary/aromatic N) is 4. The third-order valence-electron chi connectivity index (χ3n) is 5.40. The van der Waals surface area contributed by atoms with Crippen LogP contribution < -0.4 is 5.32 Å². The summed E-state index contributed by atoms with van der Waals surface area (Å²) in [5, 5.41) is 8.56. The second-order valence-corrected chi connectivity index (χ2v) is 8.70. The molecule has 0 saturated heterocycles. The minimum atomic E-state index is -0.501. The standard InChI is InChI=1S/C21H31N5O3S2/c1-9-26(10-2)19(27)17-12(3)16(20(28)29-8)18(31-17)22-21(30)24(6)11-15-13(4)23-25(7)14(15)5/h9-11H2,1-8H3,(H,22,30). The molecule has 0 spiro atoms. The Labute approximate surface area is 193 Å². The number of carbonyl (C=O) groups is 2. The predicted octanol–water partition coefficient (Wildman–Crippen LogP) is 3.50. The number of esters is 1. The summed E-state index contributed by atoms with van der Waals surface area (Å²) >= 11 is 6.82. The summed E-state index contributed by atoms with van der Waals surface area (Å²) in [7, 11) is 5.11. The van der Waals surface area contributed by atoms with Crippen molar-refractivity contribution < 1.29 is 14.3 Å². The van der Waals surface area contributed by atoms with Gasteiger partial charge in [-0.1, -0.05) is 0 Å². The summed E-state index contributed by atoms with van der Waals surface area (Å²) < 4.78 is 6.82. The van der Waals surface area contributed by atoms with Gasteiger partial charge in [-0.25, -0.2) is 4.79 Å². The molecular weight excluding hydrogens is 434 g/mol. The number of anilines is 1. The minimum absolute atomic E-state index is 0.105. The third kappa shape index (κ3) is 5.07. The lowest BCUT2D eigenvalue weighted by Crippen LogP contribution is -2.31. The monoisotopic (exact) mass is 465 g/mol. The van der Waals surface area contributed by atoms with Crippen LogP contribution in [0.2, 0.25) is 0 Å². The number of carbonyl (C=O) groups excluding carboxylic acids is 2. The van der Waals surface area contributed by atoms with Gasteiger partial charge in [0.2, 0.25) is 0 Å². The molecule has 8 nitrogen and oxygen atoms in total. The zero-order valence-corrected chi connectivity index (χ0v) is 21.1. The Kier molecular flexibility index (Phi) is 8.19. The Morgan fingerprint density at radius 1 is 1.23 bits per heavy atom. The van der Waals surface area contributed by atoms with E-state index in [0.29, 0.717) is 45.8 Å². The van der Waals surface area contributed by atoms with Gasteiger partial charge >= 0.3 is 5.97 Å². The van der Waals surface area contributed by atoms with E-state index in [9.17, 15) is 9.59 Å². The van der Waals surface area contributed by atoms with E-state index in [4.69, 9.17) is 17.0 Å². The molecule has 1 N–H and O–H groups in total. The molecule has 0 saturated carbocycles. The van der Waals surface area contributed by atoms with Gasteiger partial charge in [0, 0.05) is 45.0 Å². The number of thiocarbonyl (C=S) groups is 1. The highest BCUT2D eigenvalue weighted by Gasteiger charge is 2.28. The van der Waals surface area contributed by atoms with Crippen molar-refractivity contribution in [1.82, 2.24) is 19.6 Å². The van der Waals surface area contributed by atoms with Crippen LogP contribution in [0.1, 0.15) is 56.4 Å². The lowest BCUT2D eigenvalue weighted by atomic mass is 10.1. The molecule has 0 bridgehead atoms. The molecule has 2 aromatic rings. The van der Waals surface area contributed by atoms with E-state index >= 15 is 0 Å². The molecule has 0 aliphatic rings. The summed E-state index contributed by atoms with van der Waals surface area (Å²) in [5.41, 5.74) is 4.06. The van der Waals surface area contributed by atoms with E-state index in [1.165, 1.54) is 18.4 Å². The number of aryl methyl sites for hydroxylation is 2. The second-order valence-electron chi connectivity index (χ2n) is 7.29. The largest absolute Gasteiger partial charge is 0.465 e. The van der Waals surface area contributed by atoms with Crippen molar-refractivity contribution in [2.45, 2.75) is 41.2 Å². The maximum atomic E-state index is 12.9. The van der Waals surface area contributed by atoms with E-state index in [1.807, 2.05) is 51.4 Å². The molecule has 0 fully saturated rings. The van der Waals surface area contributed by atoms with Crippen molar-refractivity contribution in [3.05, 3.63) is 33.0 Å². The van der Waals surface area contributed by atoms with Crippen molar-refractivity contribution in [2.75, 3.05) is 32.6 Å². The number of hydrogen-bond donors (Lipinski definition) is 1. The van der Waals surface area contributed by atoms with Crippen LogP contribution in [-0.2, 0) is 18.3 Å². The Balaban J connectivity index is 2.34. The van der Waals surface area contributed by atoms with E-state index < -0.39 is 5.97 Å². The van der Waals surface area contributed by atoms with Crippen molar-refractivity contribution in [1.29, 1.82) is 0 Å². The molecule has 1 amide bonds. The highest BCUT2D eigenvalue weighted by atomic mass is 32.1. The summed E-state index contributed by atoms with van der Waals surface area (Å²) in [6.45, 7) is 11.4. The molecule has 0 atom stereocenters. The van der Waals surface area contributed by atoms with Crippen LogP contribution in [0.15, 0.2) is 0 Å². The van der Waals surface area contributed by atoms with Crippen LogP contribution in [0.4, 0.5) is 5.00 Å². The van der Waals surface area contributed by atoms with Gasteiger partial charge in [-0.05, 0) is 52.4 Å². The topological polar surface area (TPSA) is 79.7 Å². The van der Waals surface area contributed by atoms with E-state index in [0.717, 1.165) is 17.0 Å². The molecule has 0 aliphatic carbocycles. The first kappa shape index (κ1) is 24.8. The summed E-state index contributed by atoms with van der Waals surface area (Å²) in [6, 6.07) is 0. The zero-order valence-electron chi connectivity index (χ0n) is 19.5. The summed E-state index contributed by atoms with van der Waals surface area (Å²) in [6.07, 6.45) is 0. The van der Waals surface area contributed by atoms with Crippen molar-refractivity contribution in [2.24, 2.45) is 7.05 Å². The number of methoxy groups -OCH3 is 1. The predicted molar refractivity (Wildman–Crippen MR) is 128 cm³/mol. The van der Waals surface area contributed by atoms with Crippen molar-refractivity contribution in [3.8, 4) is 0 Å². The average Bonchev–Trinajstić information content (AvgIpc) is 3.18. The molecule has 0 aromatic carbocycles. The molecule has 2 rings (SSSR count). The van der Waals surface area contributed by atoms with Gasteiger partial charge < -0.3 is 19.9 Å². The molecule has 170 valence electrons. The van der Waals surface area contributed by atoms with Gasteiger partial charge in [-0.3, -0.25) is 9.48 Å². The minimum Gasteiger partial charge on any atom is -0.465 e. The van der Waals surface area contributed by atoms with E-state index in [2.05, 4.69) is 10.4 Å². The zero-order chi connectivity index (χ0) is 23.5. The fraction of sp³-hybridized carbons (Fsp3) is 0.524. The quantitative estimate of drug-likeness (QED) is 0.495. The number of thiophene rings is 1. The molecule has 0 unspecified atom stereocenters. The first-order valence-electron chi connectivity index (χ1n) is 10.1. The van der Waals surface area contributed by atoms with Crippen LogP contribution in [0, 0.1) is 20.8 Å². The lowest BCUT2D eigenvalue weighted by Gasteiger charge is -2.21. The number of nitrogens with one attached hydrogen (secondary N) is 1. The number of hydrogen-bond acceptors (Lipinski definition) is 6. The third-order valence-corrected chi connectivity index (χ3v) is 7.01. The molecule has 2 aromatic heterocycles. The first-order valence-corrected chi connectivity index (χ1v) is 11.3. The van der Waals surface area contributed by atoms with Crippen LogP contribution in [0.5, 0.6) is 0 Å². The van der Waals surface area contributed by atoms with Gasteiger partial charge in [0.05, 0.1) is 23.2 Å². The Bertz CT molecular complexity index is 992. The maximum Gasteiger partial charge on any atom is 0.341 e. The number of rotatable bonds is 7. The Morgan fingerprint density at radius 2 is 1.84 bits per heavy atom. The molecule has 2 heterocycles. The van der Waals surface area contributed by atoms with E-state index in [1.54, 1.807) is 11.8 Å². The molecule has 31 heavy (non-hydrogen) atoms. The Morgan fingerprint density at radius 3 is 2.32 bits per heavy atom. The number of aromatic nitrogens is 2. The summed E-state index contributed by atoms with van der Waals surface area (Å²) in [5.74, 6) is -0.606. The average molecular weight is 466 g/mol. The van der Waals surface area contributed by atoms with Gasteiger partial charge in [0.1, 0.15) is 5.00 Å². The first-order chi connectivity index (χ1) is 14.6.